The number of carbonyl (C=O) groups excluding carboxylic acids is 1. The van der Waals surface area contributed by atoms with Crippen LogP contribution in [-0.4, -0.2) is 56.7 Å². The van der Waals surface area contributed by atoms with E-state index in [0.29, 0.717) is 31.1 Å². The Morgan fingerprint density at radius 3 is 2.67 bits per heavy atom. The van der Waals surface area contributed by atoms with E-state index in [2.05, 4.69) is 4.98 Å². The Hall–Kier alpha value is -1.89. The molecule has 0 bridgehead atoms. The number of aromatic nitrogens is 2. The number of hydrogen-bond acceptors (Lipinski definition) is 4. The fraction of sp³-hybridized carbons (Fsp3) is 0.706. The smallest absolute Gasteiger partial charge is 0.332 e. The van der Waals surface area contributed by atoms with Gasteiger partial charge in [0, 0.05) is 26.1 Å². The minimum absolute atomic E-state index is 0.0302. The van der Waals surface area contributed by atoms with Gasteiger partial charge in [-0.05, 0) is 38.0 Å². The lowest BCUT2D eigenvalue weighted by Crippen LogP contribution is -2.42. The van der Waals surface area contributed by atoms with Crippen LogP contribution < -0.4 is 0 Å². The molecule has 0 radical (unpaired) electrons. The van der Waals surface area contributed by atoms with E-state index >= 15 is 0 Å². The van der Waals surface area contributed by atoms with Crippen molar-refractivity contribution < 1.29 is 19.4 Å². The molecule has 1 amide bonds. The van der Waals surface area contributed by atoms with Crippen LogP contribution >= 0.6 is 0 Å². The molecule has 3 aliphatic rings. The van der Waals surface area contributed by atoms with Gasteiger partial charge in [-0.1, -0.05) is 0 Å². The zero-order chi connectivity index (χ0) is 16.7. The summed E-state index contributed by atoms with van der Waals surface area (Å²) in [6, 6.07) is 0. The average molecular weight is 333 g/mol. The van der Waals surface area contributed by atoms with Crippen LogP contribution in [0.2, 0.25) is 0 Å². The fourth-order valence-electron chi connectivity index (χ4n) is 4.26. The predicted molar refractivity (Wildman–Crippen MR) is 84.7 cm³/mol. The van der Waals surface area contributed by atoms with Crippen molar-refractivity contribution in [1.29, 1.82) is 0 Å². The van der Waals surface area contributed by atoms with E-state index in [-0.39, 0.29) is 12.0 Å². The maximum absolute atomic E-state index is 12.7. The first-order valence-corrected chi connectivity index (χ1v) is 8.85. The molecule has 1 aromatic heterocycles. The monoisotopic (exact) mass is 333 g/mol. The zero-order valence-corrected chi connectivity index (χ0v) is 13.7. The second-order valence-corrected chi connectivity index (χ2v) is 7.02. The quantitative estimate of drug-likeness (QED) is 0.901. The molecule has 0 spiro atoms. The number of piperidine rings is 1. The molecule has 0 unspecified atom stereocenters. The Balaban J connectivity index is 1.34. The van der Waals surface area contributed by atoms with Crippen LogP contribution in [0.4, 0.5) is 0 Å². The van der Waals surface area contributed by atoms with Gasteiger partial charge < -0.3 is 19.3 Å². The number of hydrogen-bond donors (Lipinski definition) is 1. The summed E-state index contributed by atoms with van der Waals surface area (Å²) in [6.45, 7) is 2.31. The van der Waals surface area contributed by atoms with Gasteiger partial charge in [-0.15, -0.1) is 0 Å². The molecule has 7 heteroatoms. The summed E-state index contributed by atoms with van der Waals surface area (Å²) in [5.74, 6) is 0.589. The van der Waals surface area contributed by atoms with Gasteiger partial charge in [0.25, 0.3) is 5.91 Å². The topological polar surface area (TPSA) is 84.7 Å². The number of carboxylic acid groups (broad SMARTS) is 1. The number of carboxylic acids is 1. The van der Waals surface area contributed by atoms with Crippen LogP contribution in [0.15, 0.2) is 6.20 Å². The lowest BCUT2D eigenvalue weighted by molar-refractivity contribution is -0.150. The molecular formula is C17H23N3O4. The van der Waals surface area contributed by atoms with Gasteiger partial charge in [0.2, 0.25) is 0 Å². The Morgan fingerprint density at radius 2 is 1.96 bits per heavy atom. The van der Waals surface area contributed by atoms with E-state index < -0.39 is 12.1 Å². The van der Waals surface area contributed by atoms with E-state index in [9.17, 15) is 9.59 Å². The highest BCUT2D eigenvalue weighted by Crippen LogP contribution is 2.32. The predicted octanol–water partition coefficient (Wildman–Crippen LogP) is 1.31. The number of rotatable bonds is 3. The molecule has 4 rings (SSSR count). The number of likely N-dealkylation sites (tertiary alicyclic amines) is 1. The van der Waals surface area contributed by atoms with Crippen molar-refractivity contribution >= 4 is 11.9 Å². The Bertz CT molecular complexity index is 648. The lowest BCUT2D eigenvalue weighted by Gasteiger charge is -2.34. The van der Waals surface area contributed by atoms with Crippen LogP contribution in [0.5, 0.6) is 0 Å². The molecule has 7 nitrogen and oxygen atoms in total. The molecule has 4 heterocycles. The molecule has 1 N–H and O–H groups in total. The normalized spacial score (nSPS) is 27.4. The zero-order valence-electron chi connectivity index (χ0n) is 13.7. The van der Waals surface area contributed by atoms with Gasteiger partial charge in [-0.2, -0.15) is 0 Å². The maximum atomic E-state index is 12.7. The number of amides is 1. The molecule has 2 saturated heterocycles. The Labute approximate surface area is 140 Å². The van der Waals surface area contributed by atoms with Crippen molar-refractivity contribution in [2.24, 2.45) is 5.92 Å². The molecule has 3 aliphatic heterocycles. The van der Waals surface area contributed by atoms with Gasteiger partial charge in [0.05, 0.1) is 12.3 Å². The Kier molecular flexibility index (Phi) is 4.04. The van der Waals surface area contributed by atoms with E-state index in [1.54, 1.807) is 6.20 Å². The lowest BCUT2D eigenvalue weighted by atomic mass is 9.89. The highest BCUT2D eigenvalue weighted by atomic mass is 16.5. The molecule has 0 aliphatic carbocycles. The first kappa shape index (κ1) is 15.6. The van der Waals surface area contributed by atoms with Crippen molar-refractivity contribution in [3.63, 3.8) is 0 Å². The fourth-order valence-corrected chi connectivity index (χ4v) is 4.26. The molecule has 130 valence electrons. The second kappa shape index (κ2) is 6.20. The average Bonchev–Trinajstić information content (AvgIpc) is 3.30. The number of fused-ring (bicyclic) bond motifs is 1. The van der Waals surface area contributed by atoms with Crippen LogP contribution in [0, 0.1) is 5.92 Å². The number of ether oxygens (including phenoxy) is 1. The maximum Gasteiger partial charge on any atom is 0.332 e. The highest BCUT2D eigenvalue weighted by molar-refractivity contribution is 5.92. The number of carbonyl (C=O) groups is 2. The third-order valence-electron chi connectivity index (χ3n) is 5.62. The molecule has 2 atom stereocenters. The van der Waals surface area contributed by atoms with E-state index in [1.807, 2.05) is 9.47 Å². The van der Waals surface area contributed by atoms with Crippen molar-refractivity contribution in [1.82, 2.24) is 14.5 Å². The van der Waals surface area contributed by atoms with Crippen LogP contribution in [-0.2, 0) is 22.5 Å². The molecule has 0 saturated carbocycles. The molecule has 24 heavy (non-hydrogen) atoms. The summed E-state index contributed by atoms with van der Waals surface area (Å²) in [5.41, 5.74) is 0.712. The summed E-state index contributed by atoms with van der Waals surface area (Å²) in [5, 5.41) is 9.04. The number of nitrogens with zero attached hydrogens (tertiary/aromatic N) is 3. The van der Waals surface area contributed by atoms with Gasteiger partial charge in [-0.25, -0.2) is 9.78 Å². The molecule has 2 fully saturated rings. The summed E-state index contributed by atoms with van der Waals surface area (Å²) >= 11 is 0. The summed E-state index contributed by atoms with van der Waals surface area (Å²) in [6.07, 6.45) is 6.28. The second-order valence-electron chi connectivity index (χ2n) is 7.02. The highest BCUT2D eigenvalue weighted by Gasteiger charge is 2.37. The molecule has 1 aromatic rings. The summed E-state index contributed by atoms with van der Waals surface area (Å²) in [7, 11) is 0. The van der Waals surface area contributed by atoms with Gasteiger partial charge in [0.15, 0.2) is 6.10 Å². The van der Waals surface area contributed by atoms with E-state index in [0.717, 1.165) is 44.5 Å². The summed E-state index contributed by atoms with van der Waals surface area (Å²) < 4.78 is 7.72. The van der Waals surface area contributed by atoms with Crippen LogP contribution in [0.25, 0.3) is 0 Å². The van der Waals surface area contributed by atoms with E-state index in [4.69, 9.17) is 9.84 Å². The minimum atomic E-state index is -0.861. The van der Waals surface area contributed by atoms with Crippen LogP contribution in [0.3, 0.4) is 0 Å². The third kappa shape index (κ3) is 2.70. The van der Waals surface area contributed by atoms with Gasteiger partial charge in [-0.3, -0.25) is 4.79 Å². The van der Waals surface area contributed by atoms with Gasteiger partial charge in [0.1, 0.15) is 11.5 Å². The number of imidazole rings is 1. The van der Waals surface area contributed by atoms with Crippen molar-refractivity contribution in [3.8, 4) is 0 Å². The van der Waals surface area contributed by atoms with Crippen LogP contribution in [0.1, 0.15) is 48.4 Å². The van der Waals surface area contributed by atoms with Crippen molar-refractivity contribution in [2.75, 3.05) is 13.1 Å². The SMILES string of the molecule is O=C(O)[C@H]1CC[C@@H](C2CCN(C(=O)c3cnc4n3CCC4)CC2)O1. The largest absolute Gasteiger partial charge is 0.479 e. The molecular weight excluding hydrogens is 310 g/mol. The third-order valence-corrected chi connectivity index (χ3v) is 5.62. The standard InChI is InChI=1S/C17H23N3O4/c21-16(12-10-18-15-2-1-7-20(12)15)19-8-5-11(6-9-19)13-3-4-14(24-13)17(22)23/h10-11,13-14H,1-9H2,(H,22,23)/t13-,14+/m0/s1. The van der Waals surface area contributed by atoms with Crippen molar-refractivity contribution in [3.05, 3.63) is 17.7 Å². The summed E-state index contributed by atoms with van der Waals surface area (Å²) in [4.78, 5) is 30.0. The first-order valence-electron chi connectivity index (χ1n) is 8.85. The first-order chi connectivity index (χ1) is 11.6. The Morgan fingerprint density at radius 1 is 1.17 bits per heavy atom. The minimum Gasteiger partial charge on any atom is -0.479 e. The molecule has 0 aromatic carbocycles. The van der Waals surface area contributed by atoms with Crippen molar-refractivity contribution in [2.45, 2.75) is 57.3 Å². The number of aryl methyl sites for hydroxylation is 1. The van der Waals surface area contributed by atoms with E-state index in [1.165, 1.54) is 0 Å². The van der Waals surface area contributed by atoms with Gasteiger partial charge >= 0.3 is 5.97 Å². The number of aliphatic carboxylic acids is 1.